The first-order chi connectivity index (χ1) is 9.50. The molecule has 0 aromatic heterocycles. The minimum absolute atomic E-state index is 0.113. The summed E-state index contributed by atoms with van der Waals surface area (Å²) in [5.74, 6) is 1.02. The molecular weight excluding hydrogens is 248 g/mol. The molecule has 0 aromatic rings. The molecule has 1 saturated carbocycles. The predicted octanol–water partition coefficient (Wildman–Crippen LogP) is 3.62. The van der Waals surface area contributed by atoms with Gasteiger partial charge in [0, 0.05) is 18.0 Å². The summed E-state index contributed by atoms with van der Waals surface area (Å²) in [5.41, 5.74) is 5.75. The summed E-state index contributed by atoms with van der Waals surface area (Å²) in [6, 6.07) is 0.576. The topological polar surface area (TPSA) is 55.1 Å². The van der Waals surface area contributed by atoms with Gasteiger partial charge < -0.3 is 11.1 Å². The van der Waals surface area contributed by atoms with Gasteiger partial charge in [0.1, 0.15) is 0 Å². The van der Waals surface area contributed by atoms with E-state index in [0.29, 0.717) is 12.0 Å². The molecule has 3 heteroatoms. The average Bonchev–Trinajstić information content (AvgIpc) is 2.66. The van der Waals surface area contributed by atoms with E-state index < -0.39 is 0 Å². The Hall–Kier alpha value is -0.570. The maximum atomic E-state index is 12.2. The minimum atomic E-state index is 0.113. The lowest BCUT2D eigenvalue weighted by Crippen LogP contribution is -2.40. The van der Waals surface area contributed by atoms with Gasteiger partial charge in [0.15, 0.2) is 0 Å². The van der Waals surface area contributed by atoms with Crippen LogP contribution in [-0.2, 0) is 4.79 Å². The molecule has 2 unspecified atom stereocenters. The summed E-state index contributed by atoms with van der Waals surface area (Å²) in [4.78, 5) is 12.2. The van der Waals surface area contributed by atoms with Crippen LogP contribution in [0.4, 0.5) is 0 Å². The van der Waals surface area contributed by atoms with Crippen molar-refractivity contribution < 1.29 is 4.79 Å². The fraction of sp³-hybridized carbons (Fsp3) is 0.941. The molecule has 0 bridgehead atoms. The Bertz CT molecular complexity index is 270. The molecule has 118 valence electrons. The van der Waals surface area contributed by atoms with Crippen LogP contribution < -0.4 is 11.1 Å². The van der Waals surface area contributed by atoms with Crippen LogP contribution in [0, 0.1) is 11.8 Å². The second kappa shape index (κ2) is 9.38. The maximum absolute atomic E-state index is 12.2. The quantitative estimate of drug-likeness (QED) is 0.701. The molecular formula is C17H34N2O. The van der Waals surface area contributed by atoms with Crippen molar-refractivity contribution >= 4 is 5.91 Å². The van der Waals surface area contributed by atoms with Crippen LogP contribution in [0.1, 0.15) is 78.6 Å². The van der Waals surface area contributed by atoms with E-state index in [2.05, 4.69) is 12.2 Å². The first-order valence-corrected chi connectivity index (χ1v) is 8.56. The van der Waals surface area contributed by atoms with Gasteiger partial charge in [0.25, 0.3) is 0 Å². The lowest BCUT2D eigenvalue weighted by atomic mass is 9.92. The van der Waals surface area contributed by atoms with Crippen molar-refractivity contribution in [3.8, 4) is 0 Å². The zero-order valence-electron chi connectivity index (χ0n) is 13.7. The molecule has 0 saturated heterocycles. The number of hydrogen-bond acceptors (Lipinski definition) is 2. The fourth-order valence-electron chi connectivity index (χ4n) is 3.17. The van der Waals surface area contributed by atoms with E-state index in [9.17, 15) is 4.79 Å². The van der Waals surface area contributed by atoms with E-state index in [0.717, 1.165) is 19.3 Å². The van der Waals surface area contributed by atoms with Crippen molar-refractivity contribution in [2.75, 3.05) is 0 Å². The van der Waals surface area contributed by atoms with Gasteiger partial charge in [0.2, 0.25) is 5.91 Å². The van der Waals surface area contributed by atoms with Gasteiger partial charge in [0.05, 0.1) is 0 Å². The number of nitrogens with two attached hydrogens (primary N) is 1. The van der Waals surface area contributed by atoms with Crippen LogP contribution in [0.25, 0.3) is 0 Å². The number of nitrogens with one attached hydrogen (secondary N) is 1. The van der Waals surface area contributed by atoms with E-state index in [1.54, 1.807) is 0 Å². The average molecular weight is 282 g/mol. The second-order valence-electron chi connectivity index (χ2n) is 6.86. The number of amides is 1. The smallest absolute Gasteiger partial charge is 0.223 e. The monoisotopic (exact) mass is 282 g/mol. The van der Waals surface area contributed by atoms with Crippen LogP contribution in [0.5, 0.6) is 0 Å². The molecule has 1 rings (SSSR count). The SMILES string of the molecule is CC(N)CCCC(C)C(=O)N[C@H](C)C1CCCCCC1. The van der Waals surface area contributed by atoms with E-state index in [-0.39, 0.29) is 17.9 Å². The summed E-state index contributed by atoms with van der Waals surface area (Å²) in [6.45, 7) is 6.25. The summed E-state index contributed by atoms with van der Waals surface area (Å²) >= 11 is 0. The van der Waals surface area contributed by atoms with Crippen molar-refractivity contribution in [2.45, 2.75) is 90.6 Å². The number of carbonyl (C=O) groups is 1. The standard InChI is InChI=1S/C17H34N2O/c1-13(9-8-10-14(2)18)17(20)19-15(3)16-11-6-4-5-7-12-16/h13-16H,4-12,18H2,1-3H3,(H,19,20)/t13?,14?,15-/m1/s1. The zero-order chi connectivity index (χ0) is 15.0. The molecule has 1 aliphatic carbocycles. The highest BCUT2D eigenvalue weighted by Gasteiger charge is 2.22. The Morgan fingerprint density at radius 2 is 1.70 bits per heavy atom. The van der Waals surface area contributed by atoms with E-state index in [1.165, 1.54) is 38.5 Å². The summed E-state index contributed by atoms with van der Waals surface area (Å²) in [6.07, 6.45) is 10.9. The highest BCUT2D eigenvalue weighted by atomic mass is 16.1. The van der Waals surface area contributed by atoms with Crippen molar-refractivity contribution in [2.24, 2.45) is 17.6 Å². The highest BCUT2D eigenvalue weighted by molar-refractivity contribution is 5.78. The molecule has 20 heavy (non-hydrogen) atoms. The molecule has 0 aromatic carbocycles. The second-order valence-corrected chi connectivity index (χ2v) is 6.86. The van der Waals surface area contributed by atoms with E-state index >= 15 is 0 Å². The van der Waals surface area contributed by atoms with Crippen molar-refractivity contribution in [1.29, 1.82) is 0 Å². The molecule has 0 spiro atoms. The van der Waals surface area contributed by atoms with Gasteiger partial charge >= 0.3 is 0 Å². The van der Waals surface area contributed by atoms with Gasteiger partial charge in [-0.25, -0.2) is 0 Å². The van der Waals surface area contributed by atoms with Gasteiger partial charge in [-0.15, -0.1) is 0 Å². The minimum Gasteiger partial charge on any atom is -0.353 e. The Balaban J connectivity index is 2.28. The Labute approximate surface area is 125 Å². The molecule has 1 amide bonds. The van der Waals surface area contributed by atoms with Gasteiger partial charge in [-0.05, 0) is 45.4 Å². The molecule has 3 nitrogen and oxygen atoms in total. The van der Waals surface area contributed by atoms with Gasteiger partial charge in [-0.3, -0.25) is 4.79 Å². The van der Waals surface area contributed by atoms with Crippen LogP contribution in [0.2, 0.25) is 0 Å². The Morgan fingerprint density at radius 1 is 1.10 bits per heavy atom. The first-order valence-electron chi connectivity index (χ1n) is 8.56. The van der Waals surface area contributed by atoms with E-state index in [1.807, 2.05) is 13.8 Å². The lowest BCUT2D eigenvalue weighted by molar-refractivity contribution is -0.125. The molecule has 1 aliphatic rings. The van der Waals surface area contributed by atoms with Crippen LogP contribution in [0.3, 0.4) is 0 Å². The van der Waals surface area contributed by atoms with Crippen molar-refractivity contribution in [1.82, 2.24) is 5.32 Å². The lowest BCUT2D eigenvalue weighted by Gasteiger charge is -2.25. The molecule has 3 N–H and O–H groups in total. The normalized spacial score (nSPS) is 21.8. The Kier molecular flexibility index (Phi) is 8.20. The summed E-state index contributed by atoms with van der Waals surface area (Å²) < 4.78 is 0. The molecule has 0 heterocycles. The number of carbonyl (C=O) groups excluding carboxylic acids is 1. The third-order valence-corrected chi connectivity index (χ3v) is 4.72. The number of hydrogen-bond donors (Lipinski definition) is 2. The fourth-order valence-corrected chi connectivity index (χ4v) is 3.17. The van der Waals surface area contributed by atoms with Crippen LogP contribution in [-0.4, -0.2) is 18.0 Å². The van der Waals surface area contributed by atoms with Gasteiger partial charge in [-0.1, -0.05) is 39.0 Å². The molecule has 3 atom stereocenters. The first kappa shape index (κ1) is 17.5. The van der Waals surface area contributed by atoms with Crippen LogP contribution in [0.15, 0.2) is 0 Å². The largest absolute Gasteiger partial charge is 0.353 e. The number of rotatable bonds is 7. The molecule has 1 fully saturated rings. The summed E-state index contributed by atoms with van der Waals surface area (Å²) in [7, 11) is 0. The molecule has 0 radical (unpaired) electrons. The van der Waals surface area contributed by atoms with Crippen LogP contribution >= 0.6 is 0 Å². The molecule has 0 aliphatic heterocycles. The third-order valence-electron chi connectivity index (χ3n) is 4.72. The maximum Gasteiger partial charge on any atom is 0.223 e. The van der Waals surface area contributed by atoms with Crippen molar-refractivity contribution in [3.05, 3.63) is 0 Å². The summed E-state index contributed by atoms with van der Waals surface area (Å²) in [5, 5.41) is 3.25. The Morgan fingerprint density at radius 3 is 2.25 bits per heavy atom. The third kappa shape index (κ3) is 6.74. The highest BCUT2D eigenvalue weighted by Crippen LogP contribution is 2.25. The predicted molar refractivity (Wildman–Crippen MR) is 85.5 cm³/mol. The van der Waals surface area contributed by atoms with E-state index in [4.69, 9.17) is 5.73 Å². The zero-order valence-corrected chi connectivity index (χ0v) is 13.7. The van der Waals surface area contributed by atoms with Gasteiger partial charge in [-0.2, -0.15) is 0 Å². The van der Waals surface area contributed by atoms with Crippen molar-refractivity contribution in [3.63, 3.8) is 0 Å².